The van der Waals surface area contributed by atoms with Gasteiger partial charge in [-0.05, 0) is 61.1 Å². The molecule has 2 fully saturated rings. The largest absolute Gasteiger partial charge is 0.459 e. The van der Waals surface area contributed by atoms with E-state index in [-0.39, 0.29) is 30.7 Å². The molecule has 0 aromatic carbocycles. The molecule has 2 aliphatic heterocycles. The van der Waals surface area contributed by atoms with Crippen molar-refractivity contribution in [2.75, 3.05) is 21.2 Å². The van der Waals surface area contributed by atoms with Crippen molar-refractivity contribution in [3.63, 3.8) is 0 Å². The van der Waals surface area contributed by atoms with E-state index < -0.39 is 77.3 Å². The summed E-state index contributed by atoms with van der Waals surface area (Å²) < 4.78 is 24.2. The molecule has 244 valence electrons. The standard InChI is InChI=1S/C30H54N2O10/c1-12-21-30(8,37)25(35)17(4)22(31-38)15(2)14-29(7,39-11)26(18(5)23(33)19(6)27(36)41-21)42-28-24(34)20(32(9)10)13-16(3)40-28/h15-21,24-26,28,34-35,37-38H,12-14H2,1-11H3/b31-22-/t15-,16-,17+,18+,19-,20+,21?,24-,25-,26-,28+,29-,30-/m1/s1. The number of hydrogen-bond acceptors (Lipinski definition) is 12. The van der Waals surface area contributed by atoms with Gasteiger partial charge in [0, 0.05) is 30.9 Å². The molecule has 0 bridgehead atoms. The summed E-state index contributed by atoms with van der Waals surface area (Å²) in [4.78, 5) is 29.0. The van der Waals surface area contributed by atoms with E-state index in [9.17, 15) is 30.1 Å². The Hall–Kier alpha value is -1.67. The van der Waals surface area contributed by atoms with Crippen LogP contribution in [0.4, 0.5) is 0 Å². The van der Waals surface area contributed by atoms with Crippen LogP contribution in [0.3, 0.4) is 0 Å². The van der Waals surface area contributed by atoms with Crippen LogP contribution < -0.4 is 0 Å². The first-order chi connectivity index (χ1) is 19.4. The van der Waals surface area contributed by atoms with E-state index in [1.807, 2.05) is 25.9 Å². The lowest BCUT2D eigenvalue weighted by atomic mass is 9.74. The van der Waals surface area contributed by atoms with Crippen LogP contribution in [0.2, 0.25) is 0 Å². The monoisotopic (exact) mass is 602 g/mol. The molecular weight excluding hydrogens is 548 g/mol. The molecule has 0 aromatic heterocycles. The summed E-state index contributed by atoms with van der Waals surface area (Å²) in [5.41, 5.74) is -2.96. The Morgan fingerprint density at radius 3 is 2.17 bits per heavy atom. The summed E-state index contributed by atoms with van der Waals surface area (Å²) in [6, 6.07) is -0.265. The Balaban J connectivity index is 2.66. The van der Waals surface area contributed by atoms with Gasteiger partial charge in [0.25, 0.3) is 0 Å². The molecule has 0 aliphatic carbocycles. The molecule has 2 rings (SSSR count). The predicted octanol–water partition coefficient (Wildman–Crippen LogP) is 1.98. The number of aliphatic hydroxyl groups excluding tert-OH is 2. The number of esters is 1. The number of ether oxygens (including phenoxy) is 4. The van der Waals surface area contributed by atoms with Gasteiger partial charge in [-0.25, -0.2) is 0 Å². The maximum atomic E-state index is 13.9. The minimum atomic E-state index is -1.91. The van der Waals surface area contributed by atoms with E-state index in [0.29, 0.717) is 6.42 Å². The lowest BCUT2D eigenvalue weighted by Crippen LogP contribution is -2.60. The summed E-state index contributed by atoms with van der Waals surface area (Å²) in [6.07, 6.45) is -5.12. The number of nitrogens with zero attached hydrogens (tertiary/aromatic N) is 2. The van der Waals surface area contributed by atoms with Gasteiger partial charge in [-0.3, -0.25) is 9.59 Å². The molecular formula is C30H54N2O10. The van der Waals surface area contributed by atoms with Crippen LogP contribution in [0.15, 0.2) is 5.16 Å². The van der Waals surface area contributed by atoms with Gasteiger partial charge in [-0.15, -0.1) is 0 Å². The lowest BCUT2D eigenvalue weighted by Gasteiger charge is -2.47. The van der Waals surface area contributed by atoms with E-state index in [1.54, 1.807) is 34.6 Å². The first-order valence-corrected chi connectivity index (χ1v) is 14.9. The lowest BCUT2D eigenvalue weighted by molar-refractivity contribution is -0.295. The zero-order valence-corrected chi connectivity index (χ0v) is 27.1. The quantitative estimate of drug-likeness (QED) is 0.157. The molecule has 12 heteroatoms. The second-order valence-electron chi connectivity index (χ2n) is 13.0. The first-order valence-electron chi connectivity index (χ1n) is 14.9. The van der Waals surface area contributed by atoms with E-state index in [2.05, 4.69) is 5.16 Å². The Labute approximate surface area is 250 Å². The second kappa shape index (κ2) is 14.4. The van der Waals surface area contributed by atoms with Gasteiger partial charge < -0.3 is 44.4 Å². The van der Waals surface area contributed by atoms with Crippen molar-refractivity contribution in [2.45, 2.75) is 129 Å². The summed E-state index contributed by atoms with van der Waals surface area (Å²) in [5.74, 6) is -4.88. The van der Waals surface area contributed by atoms with E-state index in [0.717, 1.165) is 0 Å². The Morgan fingerprint density at radius 1 is 1.07 bits per heavy atom. The van der Waals surface area contributed by atoms with Crippen molar-refractivity contribution in [1.29, 1.82) is 0 Å². The van der Waals surface area contributed by atoms with E-state index in [1.165, 1.54) is 21.0 Å². The van der Waals surface area contributed by atoms with Crippen LogP contribution in [0.5, 0.6) is 0 Å². The molecule has 2 saturated heterocycles. The van der Waals surface area contributed by atoms with Crippen molar-refractivity contribution >= 4 is 17.5 Å². The molecule has 0 saturated carbocycles. The van der Waals surface area contributed by atoms with Gasteiger partial charge >= 0.3 is 5.97 Å². The molecule has 42 heavy (non-hydrogen) atoms. The fraction of sp³-hybridized carbons (Fsp3) is 0.900. The van der Waals surface area contributed by atoms with Crippen molar-refractivity contribution < 1.29 is 49.1 Å². The first kappa shape index (κ1) is 36.5. The number of ketones is 1. The van der Waals surface area contributed by atoms with Gasteiger partial charge in [-0.1, -0.05) is 32.9 Å². The molecule has 4 N–H and O–H groups in total. The van der Waals surface area contributed by atoms with E-state index in [4.69, 9.17) is 18.9 Å². The van der Waals surface area contributed by atoms with Crippen molar-refractivity contribution in [3.05, 3.63) is 0 Å². The van der Waals surface area contributed by atoms with Crippen LogP contribution in [0.1, 0.15) is 74.7 Å². The molecule has 12 nitrogen and oxygen atoms in total. The Morgan fingerprint density at radius 2 is 1.67 bits per heavy atom. The molecule has 0 spiro atoms. The minimum Gasteiger partial charge on any atom is -0.459 e. The Bertz CT molecular complexity index is 958. The SMILES string of the molecule is CCC1OC(=O)[C@H](C)C(=O)[C@H](C)[C@@H](O[C@@H]2O[C@H](C)C[C@H](N(C)C)[C@H]2O)[C@](C)(OC)C[C@@H](C)/C(=N/O)[C@H](C)[C@@H](O)[C@]1(C)O. The van der Waals surface area contributed by atoms with Gasteiger partial charge in [-0.2, -0.15) is 0 Å². The number of oxime groups is 1. The van der Waals surface area contributed by atoms with Gasteiger partial charge in [0.15, 0.2) is 12.1 Å². The van der Waals surface area contributed by atoms with Gasteiger partial charge in [0.05, 0.1) is 29.6 Å². The number of Topliss-reactive ketones (excluding diaryl/α,β-unsaturated/α-hetero) is 1. The van der Waals surface area contributed by atoms with Crippen LogP contribution in [-0.4, -0.2) is 118 Å². The zero-order valence-electron chi connectivity index (χ0n) is 27.1. The van der Waals surface area contributed by atoms with Crippen LogP contribution in [0, 0.1) is 23.7 Å². The molecule has 0 amide bonds. The number of methoxy groups -OCH3 is 1. The van der Waals surface area contributed by atoms with Crippen molar-refractivity contribution in [3.8, 4) is 0 Å². The molecule has 13 atom stereocenters. The highest BCUT2D eigenvalue weighted by molar-refractivity contribution is 6.00. The summed E-state index contributed by atoms with van der Waals surface area (Å²) in [6.45, 7) is 13.1. The average molecular weight is 603 g/mol. The topological polar surface area (TPSA) is 168 Å². The number of carbonyl (C=O) groups excluding carboxylic acids is 2. The smallest absolute Gasteiger partial charge is 0.316 e. The fourth-order valence-corrected chi connectivity index (χ4v) is 6.63. The summed E-state index contributed by atoms with van der Waals surface area (Å²) >= 11 is 0. The number of aliphatic hydroxyl groups is 3. The highest BCUT2D eigenvalue weighted by Crippen LogP contribution is 2.38. The molecule has 1 unspecified atom stereocenters. The van der Waals surface area contributed by atoms with Gasteiger partial charge in [0.2, 0.25) is 0 Å². The Kier molecular flexibility index (Phi) is 12.5. The number of likely N-dealkylation sites (N-methyl/N-ethyl adjacent to an activating group) is 1. The number of cyclic esters (lactones) is 1. The number of hydrogen-bond donors (Lipinski definition) is 4. The normalized spacial score (nSPS) is 46.0. The minimum absolute atomic E-state index is 0.162. The summed E-state index contributed by atoms with van der Waals surface area (Å²) in [5, 5.41) is 47.4. The molecule has 2 heterocycles. The van der Waals surface area contributed by atoms with Crippen molar-refractivity contribution in [2.24, 2.45) is 28.8 Å². The highest BCUT2D eigenvalue weighted by Gasteiger charge is 2.51. The van der Waals surface area contributed by atoms with E-state index >= 15 is 0 Å². The second-order valence-corrected chi connectivity index (χ2v) is 13.0. The van der Waals surface area contributed by atoms with Gasteiger partial charge in [0.1, 0.15) is 23.7 Å². The summed E-state index contributed by atoms with van der Waals surface area (Å²) in [7, 11) is 5.18. The maximum absolute atomic E-state index is 13.9. The number of rotatable bonds is 5. The number of carbonyl (C=O) groups is 2. The van der Waals surface area contributed by atoms with Crippen LogP contribution in [-0.2, 0) is 28.5 Å². The zero-order chi connectivity index (χ0) is 32.3. The fourth-order valence-electron chi connectivity index (χ4n) is 6.63. The third-order valence-corrected chi connectivity index (χ3v) is 9.46. The van der Waals surface area contributed by atoms with Crippen LogP contribution >= 0.6 is 0 Å². The van der Waals surface area contributed by atoms with Crippen LogP contribution in [0.25, 0.3) is 0 Å². The predicted molar refractivity (Wildman–Crippen MR) is 155 cm³/mol. The molecule has 0 radical (unpaired) electrons. The third kappa shape index (κ3) is 7.51. The highest BCUT2D eigenvalue weighted by atomic mass is 16.7. The molecule has 0 aromatic rings. The maximum Gasteiger partial charge on any atom is 0.316 e. The van der Waals surface area contributed by atoms with Crippen molar-refractivity contribution in [1.82, 2.24) is 4.90 Å². The molecule has 2 aliphatic rings. The average Bonchev–Trinajstić information content (AvgIpc) is 2.93. The third-order valence-electron chi connectivity index (χ3n) is 9.46.